The van der Waals surface area contributed by atoms with Crippen LogP contribution >= 0.6 is 15.9 Å². The highest BCUT2D eigenvalue weighted by molar-refractivity contribution is 9.10. The molecule has 2 aromatic rings. The molecule has 0 saturated carbocycles. The number of rotatable bonds is 6. The summed E-state index contributed by atoms with van der Waals surface area (Å²) in [4.78, 5) is 14.5. The summed E-state index contributed by atoms with van der Waals surface area (Å²) in [5.74, 6) is 0.866. The fourth-order valence-electron chi connectivity index (χ4n) is 2.98. The highest BCUT2D eigenvalue weighted by Crippen LogP contribution is 2.26. The molecule has 1 fully saturated rings. The third-order valence-electron chi connectivity index (χ3n) is 4.43. The number of nitrogens with zero attached hydrogens (tertiary/aromatic N) is 1. The van der Waals surface area contributed by atoms with Gasteiger partial charge in [0.05, 0.1) is 12.5 Å². The van der Waals surface area contributed by atoms with Crippen molar-refractivity contribution in [1.82, 2.24) is 4.90 Å². The zero-order valence-corrected chi connectivity index (χ0v) is 15.9. The molecular formula is C20H22BrNO3. The van der Waals surface area contributed by atoms with E-state index in [0.29, 0.717) is 19.6 Å². The fourth-order valence-corrected chi connectivity index (χ4v) is 3.39. The van der Waals surface area contributed by atoms with Crippen LogP contribution in [0.2, 0.25) is 0 Å². The van der Waals surface area contributed by atoms with Gasteiger partial charge in [-0.2, -0.15) is 0 Å². The zero-order chi connectivity index (χ0) is 17.6. The first-order valence-corrected chi connectivity index (χ1v) is 9.20. The summed E-state index contributed by atoms with van der Waals surface area (Å²) in [6.45, 7) is 1.91. The molecule has 4 nitrogen and oxygen atoms in total. The summed E-state index contributed by atoms with van der Waals surface area (Å²) in [6.07, 6.45) is 1.39. The highest BCUT2D eigenvalue weighted by Gasteiger charge is 2.26. The van der Waals surface area contributed by atoms with Gasteiger partial charge in [-0.15, -0.1) is 0 Å². The maximum absolute atomic E-state index is 12.6. The van der Waals surface area contributed by atoms with Gasteiger partial charge in [0.1, 0.15) is 12.4 Å². The van der Waals surface area contributed by atoms with Crippen molar-refractivity contribution in [3.63, 3.8) is 0 Å². The molecule has 2 aromatic carbocycles. The number of carbonyl (C=O) groups is 1. The van der Waals surface area contributed by atoms with Crippen LogP contribution in [0.15, 0.2) is 53.0 Å². The average Bonchev–Trinajstić information content (AvgIpc) is 3.11. The molecule has 0 radical (unpaired) electrons. The summed E-state index contributed by atoms with van der Waals surface area (Å²) >= 11 is 3.49. The molecule has 0 spiro atoms. The Kier molecular flexibility index (Phi) is 6.10. The summed E-state index contributed by atoms with van der Waals surface area (Å²) in [5.41, 5.74) is 2.00. The summed E-state index contributed by atoms with van der Waals surface area (Å²) < 4.78 is 12.3. The molecule has 1 unspecified atom stereocenters. The Labute approximate surface area is 156 Å². The number of halogens is 1. The second-order valence-corrected chi connectivity index (χ2v) is 7.10. The topological polar surface area (TPSA) is 38.8 Å². The lowest BCUT2D eigenvalue weighted by Gasteiger charge is -2.18. The van der Waals surface area contributed by atoms with Crippen molar-refractivity contribution < 1.29 is 14.3 Å². The quantitative estimate of drug-likeness (QED) is 0.735. The number of methoxy groups -OCH3 is 1. The van der Waals surface area contributed by atoms with Crippen LogP contribution in [0.3, 0.4) is 0 Å². The van der Waals surface area contributed by atoms with Crippen LogP contribution in [0.25, 0.3) is 0 Å². The molecule has 1 aliphatic rings. The molecule has 25 heavy (non-hydrogen) atoms. The van der Waals surface area contributed by atoms with Crippen molar-refractivity contribution in [3.8, 4) is 5.75 Å². The van der Waals surface area contributed by atoms with E-state index in [2.05, 4.69) is 15.9 Å². The van der Waals surface area contributed by atoms with E-state index >= 15 is 0 Å². The maximum atomic E-state index is 12.6. The van der Waals surface area contributed by atoms with Crippen molar-refractivity contribution in [3.05, 3.63) is 64.1 Å². The molecule has 1 aliphatic heterocycles. The molecule has 0 aromatic heterocycles. The predicted molar refractivity (Wildman–Crippen MR) is 101 cm³/mol. The minimum atomic E-state index is 0.113. The second kappa shape index (κ2) is 8.50. The zero-order valence-electron chi connectivity index (χ0n) is 14.3. The Morgan fingerprint density at radius 2 is 2.04 bits per heavy atom. The Morgan fingerprint density at radius 3 is 2.76 bits per heavy atom. The SMILES string of the molecule is COC1CCN(C(=O)Cc2cc(Br)ccc2OCc2ccccc2)C1. The molecule has 0 aliphatic carbocycles. The Morgan fingerprint density at radius 1 is 1.24 bits per heavy atom. The summed E-state index contributed by atoms with van der Waals surface area (Å²) in [7, 11) is 1.70. The normalized spacial score (nSPS) is 16.9. The van der Waals surface area contributed by atoms with E-state index in [1.54, 1.807) is 7.11 Å². The van der Waals surface area contributed by atoms with Crippen molar-refractivity contribution in [2.45, 2.75) is 25.6 Å². The van der Waals surface area contributed by atoms with E-state index in [4.69, 9.17) is 9.47 Å². The summed E-state index contributed by atoms with van der Waals surface area (Å²) in [5, 5.41) is 0. The third-order valence-corrected chi connectivity index (χ3v) is 4.93. The average molecular weight is 404 g/mol. The lowest BCUT2D eigenvalue weighted by molar-refractivity contribution is -0.129. The standard InChI is InChI=1S/C20H22BrNO3/c1-24-18-9-10-22(13-18)20(23)12-16-11-17(21)7-8-19(16)25-14-15-5-3-2-4-6-15/h2-8,11,18H,9-10,12-14H2,1H3. The Bertz CT molecular complexity index is 720. The van der Waals surface area contributed by atoms with Gasteiger partial charge in [0.25, 0.3) is 0 Å². The van der Waals surface area contributed by atoms with Gasteiger partial charge in [0.15, 0.2) is 0 Å². The Balaban J connectivity index is 1.67. The lowest BCUT2D eigenvalue weighted by Crippen LogP contribution is -2.31. The minimum absolute atomic E-state index is 0.113. The van der Waals surface area contributed by atoms with Gasteiger partial charge in [0.2, 0.25) is 5.91 Å². The van der Waals surface area contributed by atoms with Crippen molar-refractivity contribution in [2.75, 3.05) is 20.2 Å². The van der Waals surface area contributed by atoms with Gasteiger partial charge >= 0.3 is 0 Å². The number of hydrogen-bond donors (Lipinski definition) is 0. The monoisotopic (exact) mass is 403 g/mol. The van der Waals surface area contributed by atoms with Crippen molar-refractivity contribution in [1.29, 1.82) is 0 Å². The first kappa shape index (κ1) is 18.0. The van der Waals surface area contributed by atoms with E-state index in [1.807, 2.05) is 53.4 Å². The lowest BCUT2D eigenvalue weighted by atomic mass is 10.1. The number of amides is 1. The number of ether oxygens (including phenoxy) is 2. The van der Waals surface area contributed by atoms with Crippen LogP contribution in [0.1, 0.15) is 17.5 Å². The largest absolute Gasteiger partial charge is 0.489 e. The van der Waals surface area contributed by atoms with Crippen LogP contribution in [-0.4, -0.2) is 37.1 Å². The number of likely N-dealkylation sites (tertiary alicyclic amines) is 1. The molecule has 1 heterocycles. The number of carbonyl (C=O) groups excluding carboxylic acids is 1. The first-order valence-electron chi connectivity index (χ1n) is 8.41. The van der Waals surface area contributed by atoms with Crippen LogP contribution in [-0.2, 0) is 22.6 Å². The van der Waals surface area contributed by atoms with Crippen LogP contribution in [0.4, 0.5) is 0 Å². The highest BCUT2D eigenvalue weighted by atomic mass is 79.9. The van der Waals surface area contributed by atoms with Gasteiger partial charge < -0.3 is 14.4 Å². The molecule has 5 heteroatoms. The van der Waals surface area contributed by atoms with Crippen LogP contribution < -0.4 is 4.74 Å². The molecule has 1 atom stereocenters. The van der Waals surface area contributed by atoms with E-state index in [-0.39, 0.29) is 12.0 Å². The van der Waals surface area contributed by atoms with E-state index in [0.717, 1.165) is 34.3 Å². The number of hydrogen-bond acceptors (Lipinski definition) is 3. The van der Waals surface area contributed by atoms with Gasteiger partial charge in [0, 0.05) is 30.2 Å². The van der Waals surface area contributed by atoms with Gasteiger partial charge in [-0.25, -0.2) is 0 Å². The Hall–Kier alpha value is -1.85. The second-order valence-electron chi connectivity index (χ2n) is 6.19. The van der Waals surface area contributed by atoms with E-state index in [1.165, 1.54) is 0 Å². The molecule has 132 valence electrons. The first-order chi connectivity index (χ1) is 12.2. The summed E-state index contributed by atoms with van der Waals surface area (Å²) in [6, 6.07) is 15.8. The molecule has 3 rings (SSSR count). The predicted octanol–water partition coefficient (Wildman–Crippen LogP) is 3.82. The van der Waals surface area contributed by atoms with Crippen LogP contribution in [0, 0.1) is 0 Å². The minimum Gasteiger partial charge on any atom is -0.489 e. The van der Waals surface area contributed by atoms with Crippen molar-refractivity contribution >= 4 is 21.8 Å². The number of benzene rings is 2. The van der Waals surface area contributed by atoms with Crippen LogP contribution in [0.5, 0.6) is 5.75 Å². The molecule has 0 bridgehead atoms. The molecule has 0 N–H and O–H groups in total. The smallest absolute Gasteiger partial charge is 0.227 e. The van der Waals surface area contributed by atoms with Gasteiger partial charge in [-0.05, 0) is 30.2 Å². The molecule has 1 saturated heterocycles. The van der Waals surface area contributed by atoms with E-state index < -0.39 is 0 Å². The third kappa shape index (κ3) is 4.83. The van der Waals surface area contributed by atoms with Gasteiger partial charge in [-0.3, -0.25) is 4.79 Å². The fraction of sp³-hybridized carbons (Fsp3) is 0.350. The maximum Gasteiger partial charge on any atom is 0.227 e. The molecule has 1 amide bonds. The van der Waals surface area contributed by atoms with Crippen molar-refractivity contribution in [2.24, 2.45) is 0 Å². The van der Waals surface area contributed by atoms with Gasteiger partial charge in [-0.1, -0.05) is 46.3 Å². The molecular weight excluding hydrogens is 382 g/mol. The van der Waals surface area contributed by atoms with E-state index in [9.17, 15) is 4.79 Å².